The smallest absolute Gasteiger partial charge is 0.313 e. The molecule has 0 unspecified atom stereocenters. The fourth-order valence-corrected chi connectivity index (χ4v) is 1.41. The van der Waals surface area contributed by atoms with Crippen LogP contribution in [-0.4, -0.2) is 23.3 Å². The molecule has 0 aromatic heterocycles. The maximum atomic E-state index is 11.7. The Morgan fingerprint density at radius 1 is 1.37 bits per heavy atom. The van der Waals surface area contributed by atoms with E-state index in [9.17, 15) is 19.7 Å². The van der Waals surface area contributed by atoms with Crippen LogP contribution < -0.4 is 0 Å². The number of carbonyl (C=O) groups is 2. The second-order valence-corrected chi connectivity index (χ2v) is 3.98. The number of hydrogen-bond acceptors (Lipinski definition) is 5. The number of nitrogens with zero attached hydrogens (tertiary/aromatic N) is 1. The fourth-order valence-electron chi connectivity index (χ4n) is 1.41. The number of esters is 1. The second kappa shape index (κ2) is 7.25. The summed E-state index contributed by atoms with van der Waals surface area (Å²) < 4.78 is 4.86. The Morgan fingerprint density at radius 2 is 2.11 bits per heavy atom. The molecular weight excluding hydrogens is 250 g/mol. The standard InChI is InChI=1S/C13H15NO5/c1-2-3-7-19-13(16)9-12(15)10-5-4-6-11(8-10)14(17)18/h4-6,8H,2-3,7,9H2,1H3. The maximum Gasteiger partial charge on any atom is 0.313 e. The van der Waals surface area contributed by atoms with Crippen molar-refractivity contribution in [3.8, 4) is 0 Å². The van der Waals surface area contributed by atoms with E-state index in [-0.39, 0.29) is 17.9 Å². The van der Waals surface area contributed by atoms with Gasteiger partial charge in [-0.15, -0.1) is 0 Å². The van der Waals surface area contributed by atoms with E-state index in [1.807, 2.05) is 6.92 Å². The zero-order chi connectivity index (χ0) is 14.3. The van der Waals surface area contributed by atoms with Crippen molar-refractivity contribution in [1.29, 1.82) is 0 Å². The Morgan fingerprint density at radius 3 is 2.74 bits per heavy atom. The number of nitro benzene ring substituents is 1. The molecule has 102 valence electrons. The minimum absolute atomic E-state index is 0.140. The number of non-ortho nitro benzene ring substituents is 1. The second-order valence-electron chi connectivity index (χ2n) is 3.98. The highest BCUT2D eigenvalue weighted by Crippen LogP contribution is 2.14. The third-order valence-corrected chi connectivity index (χ3v) is 2.44. The first-order valence-corrected chi connectivity index (χ1v) is 5.98. The van der Waals surface area contributed by atoms with Crippen molar-refractivity contribution in [2.75, 3.05) is 6.61 Å². The van der Waals surface area contributed by atoms with Crippen LogP contribution >= 0.6 is 0 Å². The zero-order valence-corrected chi connectivity index (χ0v) is 10.6. The number of unbranched alkanes of at least 4 members (excludes halogenated alkanes) is 1. The van der Waals surface area contributed by atoms with Crippen LogP contribution in [-0.2, 0) is 9.53 Å². The van der Waals surface area contributed by atoms with Gasteiger partial charge in [0.15, 0.2) is 5.78 Å². The van der Waals surface area contributed by atoms with Crippen molar-refractivity contribution in [1.82, 2.24) is 0 Å². The average molecular weight is 265 g/mol. The third-order valence-electron chi connectivity index (χ3n) is 2.44. The summed E-state index contributed by atoms with van der Waals surface area (Å²) >= 11 is 0. The maximum absolute atomic E-state index is 11.7. The van der Waals surface area contributed by atoms with E-state index < -0.39 is 23.1 Å². The molecule has 0 heterocycles. The molecule has 0 saturated carbocycles. The minimum atomic E-state index is -0.607. The highest BCUT2D eigenvalue weighted by molar-refractivity contribution is 6.06. The summed E-state index contributed by atoms with van der Waals surface area (Å²) in [6.45, 7) is 2.25. The molecule has 1 aromatic carbocycles. The molecule has 6 heteroatoms. The highest BCUT2D eigenvalue weighted by Gasteiger charge is 2.15. The molecular formula is C13H15NO5. The SMILES string of the molecule is CCCCOC(=O)CC(=O)c1cccc([N+](=O)[O-])c1. The third kappa shape index (κ3) is 4.87. The number of carbonyl (C=O) groups excluding carboxylic acids is 2. The number of benzene rings is 1. The largest absolute Gasteiger partial charge is 0.465 e. The Kier molecular flexibility index (Phi) is 5.66. The van der Waals surface area contributed by atoms with Gasteiger partial charge in [0.25, 0.3) is 5.69 Å². The van der Waals surface area contributed by atoms with Crippen LogP contribution in [0.2, 0.25) is 0 Å². The number of Topliss-reactive ketones (excluding diaryl/α,β-unsaturated/α-hetero) is 1. The van der Waals surface area contributed by atoms with Gasteiger partial charge in [0.1, 0.15) is 6.42 Å². The molecule has 0 spiro atoms. The Labute approximate surface area is 110 Å². The van der Waals surface area contributed by atoms with E-state index >= 15 is 0 Å². The summed E-state index contributed by atoms with van der Waals surface area (Å²) in [5.74, 6) is -1.09. The van der Waals surface area contributed by atoms with Crippen LogP contribution in [0.1, 0.15) is 36.5 Å². The summed E-state index contributed by atoms with van der Waals surface area (Å²) in [4.78, 5) is 33.1. The lowest BCUT2D eigenvalue weighted by atomic mass is 10.1. The number of nitro groups is 1. The molecule has 0 amide bonds. The average Bonchev–Trinajstić information content (AvgIpc) is 2.39. The number of hydrogen-bond donors (Lipinski definition) is 0. The summed E-state index contributed by atoms with van der Waals surface area (Å²) in [6.07, 6.45) is 1.24. The van der Waals surface area contributed by atoms with Gasteiger partial charge in [-0.2, -0.15) is 0 Å². The van der Waals surface area contributed by atoms with Crippen molar-refractivity contribution in [3.05, 3.63) is 39.9 Å². The van der Waals surface area contributed by atoms with Crippen molar-refractivity contribution in [2.45, 2.75) is 26.2 Å². The van der Waals surface area contributed by atoms with Crippen molar-refractivity contribution >= 4 is 17.4 Å². The first-order chi connectivity index (χ1) is 9.04. The molecule has 0 bridgehead atoms. The van der Waals surface area contributed by atoms with Crippen LogP contribution in [0.3, 0.4) is 0 Å². The molecule has 19 heavy (non-hydrogen) atoms. The molecule has 0 saturated heterocycles. The summed E-state index contributed by atoms with van der Waals surface area (Å²) in [5, 5.41) is 10.6. The lowest BCUT2D eigenvalue weighted by molar-refractivity contribution is -0.384. The summed E-state index contributed by atoms with van der Waals surface area (Å²) in [6, 6.07) is 5.29. The molecule has 0 fully saturated rings. The van der Waals surface area contributed by atoms with Crippen molar-refractivity contribution < 1.29 is 19.2 Å². The van der Waals surface area contributed by atoms with Gasteiger partial charge in [-0.1, -0.05) is 25.5 Å². The number of rotatable bonds is 7. The number of ketones is 1. The zero-order valence-electron chi connectivity index (χ0n) is 10.6. The van der Waals surface area contributed by atoms with Gasteiger partial charge in [-0.3, -0.25) is 19.7 Å². The Balaban J connectivity index is 2.60. The van der Waals surface area contributed by atoms with Crippen molar-refractivity contribution in [2.24, 2.45) is 0 Å². The van der Waals surface area contributed by atoms with Crippen LogP contribution in [0.5, 0.6) is 0 Å². The van der Waals surface area contributed by atoms with Gasteiger partial charge in [0.2, 0.25) is 0 Å². The lowest BCUT2D eigenvalue weighted by Gasteiger charge is -2.03. The van der Waals surface area contributed by atoms with Gasteiger partial charge in [-0.25, -0.2) is 0 Å². The molecule has 6 nitrogen and oxygen atoms in total. The topological polar surface area (TPSA) is 86.5 Å². The summed E-state index contributed by atoms with van der Waals surface area (Å²) in [5.41, 5.74) is -0.0353. The van der Waals surface area contributed by atoms with E-state index in [0.717, 1.165) is 18.9 Å². The molecule has 0 aliphatic carbocycles. The van der Waals surface area contributed by atoms with Gasteiger partial charge >= 0.3 is 5.97 Å². The quantitative estimate of drug-likeness (QED) is 0.189. The molecule has 1 aromatic rings. The predicted molar refractivity (Wildman–Crippen MR) is 67.9 cm³/mol. The van der Waals surface area contributed by atoms with E-state index in [2.05, 4.69) is 0 Å². The molecule has 0 atom stereocenters. The molecule has 1 rings (SSSR count). The minimum Gasteiger partial charge on any atom is -0.465 e. The first-order valence-electron chi connectivity index (χ1n) is 5.98. The van der Waals surface area contributed by atoms with Gasteiger partial charge in [0.05, 0.1) is 11.5 Å². The van der Waals surface area contributed by atoms with E-state index in [4.69, 9.17) is 4.74 Å². The van der Waals surface area contributed by atoms with Crippen LogP contribution in [0.25, 0.3) is 0 Å². The molecule has 0 radical (unpaired) electrons. The Hall–Kier alpha value is -2.24. The normalized spacial score (nSPS) is 9.95. The van der Waals surface area contributed by atoms with Gasteiger partial charge < -0.3 is 4.74 Å². The van der Waals surface area contributed by atoms with E-state index in [1.165, 1.54) is 18.2 Å². The fraction of sp³-hybridized carbons (Fsp3) is 0.385. The number of ether oxygens (including phenoxy) is 1. The van der Waals surface area contributed by atoms with E-state index in [0.29, 0.717) is 0 Å². The van der Waals surface area contributed by atoms with E-state index in [1.54, 1.807) is 0 Å². The predicted octanol–water partition coefficient (Wildman–Crippen LogP) is 2.51. The molecule has 0 aliphatic rings. The van der Waals surface area contributed by atoms with Crippen LogP contribution in [0, 0.1) is 10.1 Å². The first kappa shape index (κ1) is 14.8. The van der Waals surface area contributed by atoms with Crippen molar-refractivity contribution in [3.63, 3.8) is 0 Å². The monoisotopic (exact) mass is 265 g/mol. The molecule has 0 N–H and O–H groups in total. The lowest BCUT2D eigenvalue weighted by Crippen LogP contribution is -2.12. The Bertz CT molecular complexity index is 484. The van der Waals surface area contributed by atoms with Crippen LogP contribution in [0.4, 0.5) is 5.69 Å². The van der Waals surface area contributed by atoms with Crippen LogP contribution in [0.15, 0.2) is 24.3 Å². The summed E-state index contributed by atoms with van der Waals surface area (Å²) in [7, 11) is 0. The highest BCUT2D eigenvalue weighted by atomic mass is 16.6. The van der Waals surface area contributed by atoms with Gasteiger partial charge in [0, 0.05) is 17.7 Å². The molecule has 0 aliphatic heterocycles. The van der Waals surface area contributed by atoms with Gasteiger partial charge in [-0.05, 0) is 6.42 Å².